The van der Waals surface area contributed by atoms with E-state index in [2.05, 4.69) is 16.0 Å². The van der Waals surface area contributed by atoms with Gasteiger partial charge in [-0.25, -0.2) is 0 Å². The summed E-state index contributed by atoms with van der Waals surface area (Å²) in [6, 6.07) is 5.97. The highest BCUT2D eigenvalue weighted by atomic mass is 32.2. The van der Waals surface area contributed by atoms with Crippen LogP contribution in [-0.2, 0) is 9.73 Å². The van der Waals surface area contributed by atoms with Gasteiger partial charge in [0.05, 0.1) is 19.7 Å². The zero-order valence-electron chi connectivity index (χ0n) is 15.4. The first-order valence-electron chi connectivity index (χ1n) is 8.80. The minimum Gasteiger partial charge on any atom is -0.493 e. The van der Waals surface area contributed by atoms with Crippen molar-refractivity contribution in [3.8, 4) is 11.5 Å². The largest absolute Gasteiger partial charge is 0.493 e. The van der Waals surface area contributed by atoms with Crippen molar-refractivity contribution < 1.29 is 13.7 Å². The van der Waals surface area contributed by atoms with Crippen LogP contribution < -0.4 is 14.4 Å². The van der Waals surface area contributed by atoms with Crippen LogP contribution in [0.1, 0.15) is 12.8 Å². The van der Waals surface area contributed by atoms with Crippen molar-refractivity contribution in [1.82, 2.24) is 4.98 Å². The number of nitrogens with one attached hydrogen (secondary N) is 1. The van der Waals surface area contributed by atoms with Crippen molar-refractivity contribution >= 4 is 26.3 Å². The number of ether oxygens (including phenoxy) is 2. The standard InChI is InChI=1S/C19H25N3O3S/c1-24-17-6-14-15(7-18(17)25-2)21-5-4-16(14)22-11-19(12-22)8-13(9-19)10-26(3,20)23/h4-7,13,20H,8-12H2,1-3H3. The summed E-state index contributed by atoms with van der Waals surface area (Å²) in [7, 11) is 0.899. The molecule has 1 saturated carbocycles. The van der Waals surface area contributed by atoms with E-state index >= 15 is 0 Å². The summed E-state index contributed by atoms with van der Waals surface area (Å²) < 4.78 is 30.1. The van der Waals surface area contributed by atoms with E-state index in [9.17, 15) is 4.21 Å². The van der Waals surface area contributed by atoms with Crippen LogP contribution in [0.25, 0.3) is 10.9 Å². The lowest BCUT2D eigenvalue weighted by Crippen LogP contribution is -2.63. The molecule has 2 fully saturated rings. The van der Waals surface area contributed by atoms with Gasteiger partial charge in [0.1, 0.15) is 0 Å². The minimum atomic E-state index is -2.37. The molecule has 0 amide bonds. The maximum atomic E-state index is 11.7. The normalized spacial score (nSPS) is 21.1. The predicted octanol–water partition coefficient (Wildman–Crippen LogP) is 3.14. The Labute approximate surface area is 154 Å². The Morgan fingerprint density at radius 3 is 2.54 bits per heavy atom. The summed E-state index contributed by atoms with van der Waals surface area (Å²) in [5.41, 5.74) is 2.42. The fourth-order valence-electron chi connectivity index (χ4n) is 4.66. The number of aromatic nitrogens is 1. The highest BCUT2D eigenvalue weighted by Crippen LogP contribution is 2.54. The summed E-state index contributed by atoms with van der Waals surface area (Å²) in [6.07, 6.45) is 5.57. The molecule has 26 heavy (non-hydrogen) atoms. The van der Waals surface area contributed by atoms with Crippen molar-refractivity contribution in [2.75, 3.05) is 44.2 Å². The molecule has 1 aliphatic carbocycles. The Balaban J connectivity index is 1.53. The van der Waals surface area contributed by atoms with Gasteiger partial charge in [-0.3, -0.25) is 14.0 Å². The third-order valence-electron chi connectivity index (χ3n) is 5.61. The van der Waals surface area contributed by atoms with Crippen LogP contribution in [0, 0.1) is 16.1 Å². The van der Waals surface area contributed by atoms with E-state index < -0.39 is 9.73 Å². The molecule has 1 aromatic carbocycles. The van der Waals surface area contributed by atoms with Gasteiger partial charge < -0.3 is 14.4 Å². The van der Waals surface area contributed by atoms with Crippen LogP contribution in [-0.4, -0.2) is 48.5 Å². The Morgan fingerprint density at radius 1 is 1.27 bits per heavy atom. The topological polar surface area (TPSA) is 75.5 Å². The molecule has 2 aromatic rings. The van der Waals surface area contributed by atoms with Gasteiger partial charge in [-0.1, -0.05) is 0 Å². The Hall–Kier alpha value is -2.02. The van der Waals surface area contributed by atoms with Crippen LogP contribution in [0.15, 0.2) is 24.4 Å². The first kappa shape index (κ1) is 17.4. The van der Waals surface area contributed by atoms with Gasteiger partial charge in [-0.05, 0) is 30.9 Å². The summed E-state index contributed by atoms with van der Waals surface area (Å²) in [4.78, 5) is 6.86. The number of fused-ring (bicyclic) bond motifs is 1. The highest BCUT2D eigenvalue weighted by Gasteiger charge is 2.52. The molecule has 2 aliphatic rings. The number of hydrogen-bond donors (Lipinski definition) is 1. The Bertz CT molecular complexity index is 944. The van der Waals surface area contributed by atoms with Crippen LogP contribution in [0.5, 0.6) is 11.5 Å². The van der Waals surface area contributed by atoms with Crippen LogP contribution in [0.3, 0.4) is 0 Å². The second-order valence-corrected chi connectivity index (χ2v) is 10.2. The second-order valence-electron chi connectivity index (χ2n) is 7.86. The third kappa shape index (κ3) is 2.98. The molecule has 0 bridgehead atoms. The minimum absolute atomic E-state index is 0.349. The van der Waals surface area contributed by atoms with E-state index in [1.807, 2.05) is 18.3 Å². The molecular formula is C19H25N3O3S. The molecule has 0 radical (unpaired) electrons. The molecule has 1 saturated heterocycles. The summed E-state index contributed by atoms with van der Waals surface area (Å²) in [5, 5.41) is 1.07. The molecule has 4 rings (SSSR count). The van der Waals surface area contributed by atoms with Crippen molar-refractivity contribution in [3.05, 3.63) is 24.4 Å². The number of anilines is 1. The van der Waals surface area contributed by atoms with Crippen molar-refractivity contribution in [2.24, 2.45) is 11.3 Å². The average molecular weight is 375 g/mol. The molecule has 2 heterocycles. The molecular weight excluding hydrogens is 350 g/mol. The van der Waals surface area contributed by atoms with Crippen LogP contribution >= 0.6 is 0 Å². The highest BCUT2D eigenvalue weighted by molar-refractivity contribution is 7.91. The van der Waals surface area contributed by atoms with E-state index in [0.29, 0.717) is 28.6 Å². The smallest absolute Gasteiger partial charge is 0.162 e. The summed E-state index contributed by atoms with van der Waals surface area (Å²) in [5.74, 6) is 2.39. The van der Waals surface area contributed by atoms with Gasteiger partial charge in [0.25, 0.3) is 0 Å². The first-order valence-corrected chi connectivity index (χ1v) is 10.9. The number of methoxy groups -OCH3 is 2. The third-order valence-corrected chi connectivity index (χ3v) is 6.72. The summed E-state index contributed by atoms with van der Waals surface area (Å²) >= 11 is 0. The Morgan fingerprint density at radius 2 is 1.92 bits per heavy atom. The molecule has 140 valence electrons. The molecule has 1 atom stereocenters. The lowest BCUT2D eigenvalue weighted by Gasteiger charge is -2.60. The molecule has 1 aliphatic heterocycles. The van der Waals surface area contributed by atoms with Gasteiger partial charge >= 0.3 is 0 Å². The number of nitrogens with zero attached hydrogens (tertiary/aromatic N) is 2. The maximum Gasteiger partial charge on any atom is 0.162 e. The molecule has 1 spiro atoms. The number of benzene rings is 1. The molecule has 1 unspecified atom stereocenters. The van der Waals surface area contributed by atoms with E-state index in [1.165, 1.54) is 5.69 Å². The van der Waals surface area contributed by atoms with E-state index in [-0.39, 0.29) is 0 Å². The molecule has 1 N–H and O–H groups in total. The van der Waals surface area contributed by atoms with Crippen LogP contribution in [0.2, 0.25) is 0 Å². The Kier molecular flexibility index (Phi) is 4.02. The SMILES string of the molecule is COc1cc2nccc(N3CC4(CC(CS(C)(=N)=O)C4)C3)c2cc1OC. The van der Waals surface area contributed by atoms with E-state index in [0.717, 1.165) is 36.8 Å². The zero-order valence-corrected chi connectivity index (χ0v) is 16.3. The quantitative estimate of drug-likeness (QED) is 0.869. The zero-order chi connectivity index (χ0) is 18.5. The van der Waals surface area contributed by atoms with Crippen molar-refractivity contribution in [3.63, 3.8) is 0 Å². The lowest BCUT2D eigenvalue weighted by molar-refractivity contribution is 0.0358. The van der Waals surface area contributed by atoms with E-state index in [1.54, 1.807) is 20.5 Å². The average Bonchev–Trinajstić information content (AvgIpc) is 2.53. The van der Waals surface area contributed by atoms with Gasteiger partial charge in [-0.15, -0.1) is 0 Å². The number of hydrogen-bond acceptors (Lipinski definition) is 6. The fraction of sp³-hybridized carbons (Fsp3) is 0.526. The monoisotopic (exact) mass is 375 g/mol. The summed E-state index contributed by atoms with van der Waals surface area (Å²) in [6.45, 7) is 2.03. The van der Waals surface area contributed by atoms with Crippen molar-refractivity contribution in [1.29, 1.82) is 4.78 Å². The van der Waals surface area contributed by atoms with Gasteiger partial charge in [0.2, 0.25) is 0 Å². The van der Waals surface area contributed by atoms with Crippen molar-refractivity contribution in [2.45, 2.75) is 12.8 Å². The second kappa shape index (κ2) is 6.01. The van der Waals surface area contributed by atoms with Gasteiger partial charge in [0, 0.05) is 63.6 Å². The van der Waals surface area contributed by atoms with Gasteiger partial charge in [0.15, 0.2) is 11.5 Å². The number of pyridine rings is 1. The lowest BCUT2D eigenvalue weighted by atomic mass is 9.58. The predicted molar refractivity (Wildman–Crippen MR) is 104 cm³/mol. The maximum absolute atomic E-state index is 11.7. The first-order chi connectivity index (χ1) is 12.3. The van der Waals surface area contributed by atoms with Gasteiger partial charge in [-0.2, -0.15) is 0 Å². The molecule has 1 aromatic heterocycles. The van der Waals surface area contributed by atoms with E-state index in [4.69, 9.17) is 14.3 Å². The molecule has 6 nitrogen and oxygen atoms in total. The number of rotatable bonds is 5. The fourth-order valence-corrected chi connectivity index (χ4v) is 5.79. The van der Waals surface area contributed by atoms with Crippen LogP contribution in [0.4, 0.5) is 5.69 Å². The molecule has 7 heteroatoms.